The molecule has 1 fully saturated rings. The molecule has 0 aromatic heterocycles. The summed E-state index contributed by atoms with van der Waals surface area (Å²) in [4.78, 5) is 23.2. The molecule has 0 radical (unpaired) electrons. The van der Waals surface area contributed by atoms with Gasteiger partial charge in [0.1, 0.15) is 11.3 Å². The number of rotatable bonds is 6. The van der Waals surface area contributed by atoms with Gasteiger partial charge in [0.05, 0.1) is 17.8 Å². The van der Waals surface area contributed by atoms with Crippen molar-refractivity contribution in [1.82, 2.24) is 0 Å². The second-order valence-corrected chi connectivity index (χ2v) is 6.34. The summed E-state index contributed by atoms with van der Waals surface area (Å²) in [6, 6.07) is 2.74. The highest BCUT2D eigenvalue weighted by Crippen LogP contribution is 2.32. The molecular formula is C17H22ClNO4. The van der Waals surface area contributed by atoms with E-state index in [4.69, 9.17) is 21.4 Å². The summed E-state index contributed by atoms with van der Waals surface area (Å²) >= 11 is 6.06. The average molecular weight is 340 g/mol. The number of hydrogen-bond acceptors (Lipinski definition) is 3. The lowest BCUT2D eigenvalue weighted by Gasteiger charge is -2.21. The van der Waals surface area contributed by atoms with Crippen LogP contribution in [0.15, 0.2) is 12.1 Å². The molecule has 6 heteroatoms. The van der Waals surface area contributed by atoms with Crippen molar-refractivity contribution in [2.45, 2.75) is 44.9 Å². The van der Waals surface area contributed by atoms with Crippen LogP contribution in [0.1, 0.15) is 55.3 Å². The molecule has 0 unspecified atom stereocenters. The Morgan fingerprint density at radius 1 is 1.30 bits per heavy atom. The number of methoxy groups -OCH3 is 1. The van der Waals surface area contributed by atoms with Gasteiger partial charge in [0, 0.05) is 12.5 Å². The van der Waals surface area contributed by atoms with Crippen molar-refractivity contribution in [2.75, 3.05) is 12.4 Å². The topological polar surface area (TPSA) is 75.6 Å². The minimum Gasteiger partial charge on any atom is -0.496 e. The predicted molar refractivity (Wildman–Crippen MR) is 89.4 cm³/mol. The maximum atomic E-state index is 12.1. The van der Waals surface area contributed by atoms with Crippen LogP contribution in [0.25, 0.3) is 0 Å². The molecule has 1 aliphatic rings. The number of aromatic carboxylic acids is 1. The van der Waals surface area contributed by atoms with Gasteiger partial charge in [-0.15, -0.1) is 0 Å². The van der Waals surface area contributed by atoms with Crippen LogP contribution in [0.3, 0.4) is 0 Å². The average Bonchev–Trinajstić information content (AvgIpc) is 2.55. The molecule has 126 valence electrons. The van der Waals surface area contributed by atoms with E-state index in [1.807, 2.05) is 0 Å². The third-order valence-corrected chi connectivity index (χ3v) is 4.61. The summed E-state index contributed by atoms with van der Waals surface area (Å²) < 4.78 is 5.05. The second kappa shape index (κ2) is 8.20. The van der Waals surface area contributed by atoms with E-state index >= 15 is 0 Å². The summed E-state index contributed by atoms with van der Waals surface area (Å²) in [5.41, 5.74) is 0.347. The number of amides is 1. The fraction of sp³-hybridized carbons (Fsp3) is 0.529. The first-order chi connectivity index (χ1) is 11.0. The fourth-order valence-corrected chi connectivity index (χ4v) is 3.22. The molecule has 0 saturated heterocycles. The van der Waals surface area contributed by atoms with Crippen LogP contribution in [-0.4, -0.2) is 24.1 Å². The van der Waals surface area contributed by atoms with Crippen molar-refractivity contribution in [3.8, 4) is 5.75 Å². The Morgan fingerprint density at radius 2 is 2.00 bits per heavy atom. The molecule has 1 amide bonds. The molecule has 5 nitrogen and oxygen atoms in total. The van der Waals surface area contributed by atoms with Gasteiger partial charge in [0.15, 0.2) is 0 Å². The molecular weight excluding hydrogens is 318 g/mol. The number of hydrogen-bond donors (Lipinski definition) is 2. The van der Waals surface area contributed by atoms with Crippen molar-refractivity contribution < 1.29 is 19.4 Å². The van der Waals surface area contributed by atoms with E-state index in [-0.39, 0.29) is 22.2 Å². The lowest BCUT2D eigenvalue weighted by atomic mass is 9.86. The van der Waals surface area contributed by atoms with E-state index in [0.29, 0.717) is 18.0 Å². The molecule has 1 aromatic rings. The van der Waals surface area contributed by atoms with E-state index in [2.05, 4.69) is 5.32 Å². The zero-order chi connectivity index (χ0) is 16.8. The van der Waals surface area contributed by atoms with E-state index in [1.54, 1.807) is 0 Å². The summed E-state index contributed by atoms with van der Waals surface area (Å²) in [5.74, 6) is -0.431. The first-order valence-electron chi connectivity index (χ1n) is 7.92. The van der Waals surface area contributed by atoms with Crippen molar-refractivity contribution in [3.05, 3.63) is 22.7 Å². The molecule has 2 N–H and O–H groups in total. The first kappa shape index (κ1) is 17.6. The normalized spacial score (nSPS) is 15.2. The maximum absolute atomic E-state index is 12.1. The van der Waals surface area contributed by atoms with Gasteiger partial charge in [-0.05, 0) is 18.4 Å². The van der Waals surface area contributed by atoms with Crippen molar-refractivity contribution in [2.24, 2.45) is 5.92 Å². The highest BCUT2D eigenvalue weighted by atomic mass is 35.5. The molecule has 2 rings (SSSR count). The largest absolute Gasteiger partial charge is 0.496 e. The molecule has 0 heterocycles. The first-order valence-corrected chi connectivity index (χ1v) is 8.29. The minimum atomic E-state index is -1.13. The standard InChI is InChI=1S/C17H22ClNO4/c1-23-15-10-14(13(18)9-12(15)17(21)22)19-16(20)8-7-11-5-3-2-4-6-11/h9-11H,2-8H2,1H3,(H,19,20)(H,21,22). The Bertz CT molecular complexity index is 582. The van der Waals surface area contributed by atoms with Crippen molar-refractivity contribution >= 4 is 29.2 Å². The number of benzene rings is 1. The lowest BCUT2D eigenvalue weighted by molar-refractivity contribution is -0.116. The molecule has 1 aliphatic carbocycles. The zero-order valence-electron chi connectivity index (χ0n) is 13.2. The van der Waals surface area contributed by atoms with Crippen LogP contribution in [0.2, 0.25) is 5.02 Å². The number of carbonyl (C=O) groups is 2. The molecule has 23 heavy (non-hydrogen) atoms. The summed E-state index contributed by atoms with van der Waals surface area (Å²) in [6.45, 7) is 0. The van der Waals surface area contributed by atoms with Crippen LogP contribution in [-0.2, 0) is 4.79 Å². The van der Waals surface area contributed by atoms with E-state index in [0.717, 1.165) is 6.42 Å². The van der Waals surface area contributed by atoms with Crippen LogP contribution >= 0.6 is 11.6 Å². The number of carbonyl (C=O) groups excluding carboxylic acids is 1. The van der Waals surface area contributed by atoms with Gasteiger partial charge in [0.25, 0.3) is 0 Å². The van der Waals surface area contributed by atoms with Gasteiger partial charge in [-0.25, -0.2) is 4.79 Å². The minimum absolute atomic E-state index is 0.0299. The third kappa shape index (κ3) is 4.86. The SMILES string of the molecule is COc1cc(NC(=O)CCC2CCCCC2)c(Cl)cc1C(=O)O. The quantitative estimate of drug-likeness (QED) is 0.808. The van der Waals surface area contributed by atoms with E-state index in [1.165, 1.54) is 51.3 Å². The summed E-state index contributed by atoms with van der Waals surface area (Å²) in [5, 5.41) is 12.0. The number of carboxylic acids is 1. The molecule has 1 saturated carbocycles. The van der Waals surface area contributed by atoms with E-state index in [9.17, 15) is 9.59 Å². The molecule has 0 aliphatic heterocycles. The smallest absolute Gasteiger partial charge is 0.339 e. The van der Waals surface area contributed by atoms with Gasteiger partial charge >= 0.3 is 5.97 Å². The number of anilines is 1. The van der Waals surface area contributed by atoms with Gasteiger partial charge in [-0.3, -0.25) is 4.79 Å². The molecule has 0 bridgehead atoms. The Balaban J connectivity index is 1.98. The maximum Gasteiger partial charge on any atom is 0.339 e. The summed E-state index contributed by atoms with van der Waals surface area (Å²) in [6.07, 6.45) is 7.55. The Labute approximate surface area is 141 Å². The third-order valence-electron chi connectivity index (χ3n) is 4.30. The van der Waals surface area contributed by atoms with Crippen LogP contribution in [0, 0.1) is 5.92 Å². The fourth-order valence-electron chi connectivity index (χ4n) is 3.01. The number of ether oxygens (including phenoxy) is 1. The monoisotopic (exact) mass is 339 g/mol. The van der Waals surface area contributed by atoms with Crippen LogP contribution in [0.4, 0.5) is 5.69 Å². The van der Waals surface area contributed by atoms with Crippen molar-refractivity contribution in [1.29, 1.82) is 0 Å². The van der Waals surface area contributed by atoms with Gasteiger partial charge < -0.3 is 15.2 Å². The Kier molecular flexibility index (Phi) is 6.28. The van der Waals surface area contributed by atoms with Crippen LogP contribution in [0.5, 0.6) is 5.75 Å². The lowest BCUT2D eigenvalue weighted by Crippen LogP contribution is -2.15. The predicted octanol–water partition coefficient (Wildman–Crippen LogP) is 4.35. The molecule has 0 atom stereocenters. The van der Waals surface area contributed by atoms with Gasteiger partial charge in [-0.2, -0.15) is 0 Å². The Morgan fingerprint density at radius 3 is 2.61 bits per heavy atom. The van der Waals surface area contributed by atoms with Gasteiger partial charge in [-0.1, -0.05) is 43.7 Å². The Hall–Kier alpha value is -1.75. The number of halogens is 1. The second-order valence-electron chi connectivity index (χ2n) is 5.93. The molecule has 0 spiro atoms. The van der Waals surface area contributed by atoms with Crippen molar-refractivity contribution in [3.63, 3.8) is 0 Å². The number of carboxylic acid groups (broad SMARTS) is 1. The molecule has 1 aromatic carbocycles. The van der Waals surface area contributed by atoms with E-state index < -0.39 is 5.97 Å². The highest BCUT2D eigenvalue weighted by Gasteiger charge is 2.18. The summed E-state index contributed by atoms with van der Waals surface area (Å²) in [7, 11) is 1.38. The van der Waals surface area contributed by atoms with Gasteiger partial charge in [0.2, 0.25) is 5.91 Å². The number of nitrogens with one attached hydrogen (secondary N) is 1. The van der Waals surface area contributed by atoms with Crippen LogP contribution < -0.4 is 10.1 Å². The highest BCUT2D eigenvalue weighted by molar-refractivity contribution is 6.34. The zero-order valence-corrected chi connectivity index (χ0v) is 14.0.